The highest BCUT2D eigenvalue weighted by atomic mass is 16.2. The maximum Gasteiger partial charge on any atom is 0.240 e. The maximum absolute atomic E-state index is 12.0. The van der Waals surface area contributed by atoms with Crippen LogP contribution in [0.5, 0.6) is 0 Å². The molecule has 1 unspecified atom stereocenters. The minimum atomic E-state index is -0.483. The molecule has 16 heavy (non-hydrogen) atoms. The van der Waals surface area contributed by atoms with Gasteiger partial charge in [0, 0.05) is 13.1 Å². The zero-order chi connectivity index (χ0) is 13.0. The number of nitrogens with one attached hydrogen (secondary N) is 2. The largest absolute Gasteiger partial charge is 0.355 e. The summed E-state index contributed by atoms with van der Waals surface area (Å²) in [5.41, 5.74) is -0.300. The average molecular weight is 228 g/mol. The van der Waals surface area contributed by atoms with Crippen LogP contribution in [0.15, 0.2) is 0 Å². The highest BCUT2D eigenvalue weighted by Gasteiger charge is 2.36. The SMILES string of the molecule is CCNC(=O)C(C)(NCC(C)(C)C)C(C)C. The van der Waals surface area contributed by atoms with Crippen LogP contribution in [0.1, 0.15) is 48.5 Å². The highest BCUT2D eigenvalue weighted by Crippen LogP contribution is 2.20. The van der Waals surface area contributed by atoms with Gasteiger partial charge in [0.2, 0.25) is 5.91 Å². The van der Waals surface area contributed by atoms with Gasteiger partial charge in [-0.25, -0.2) is 0 Å². The number of likely N-dealkylation sites (N-methyl/N-ethyl adjacent to an activating group) is 1. The normalized spacial score (nSPS) is 16.0. The Balaban J connectivity index is 4.64. The van der Waals surface area contributed by atoms with E-state index < -0.39 is 5.54 Å². The molecule has 0 aromatic carbocycles. The van der Waals surface area contributed by atoms with Crippen molar-refractivity contribution in [1.82, 2.24) is 10.6 Å². The van der Waals surface area contributed by atoms with E-state index in [0.717, 1.165) is 6.54 Å². The summed E-state index contributed by atoms with van der Waals surface area (Å²) in [5.74, 6) is 0.357. The monoisotopic (exact) mass is 228 g/mol. The van der Waals surface area contributed by atoms with Crippen molar-refractivity contribution in [3.63, 3.8) is 0 Å². The molecule has 0 aliphatic carbocycles. The van der Waals surface area contributed by atoms with Gasteiger partial charge in [-0.05, 0) is 25.2 Å². The topological polar surface area (TPSA) is 41.1 Å². The van der Waals surface area contributed by atoms with E-state index in [4.69, 9.17) is 0 Å². The summed E-state index contributed by atoms with van der Waals surface area (Å²) >= 11 is 0. The summed E-state index contributed by atoms with van der Waals surface area (Å²) in [6.07, 6.45) is 0. The summed E-state index contributed by atoms with van der Waals surface area (Å²) in [4.78, 5) is 12.0. The third-order valence-corrected chi connectivity index (χ3v) is 2.95. The van der Waals surface area contributed by atoms with E-state index in [9.17, 15) is 4.79 Å². The van der Waals surface area contributed by atoms with Crippen molar-refractivity contribution < 1.29 is 4.79 Å². The predicted molar refractivity (Wildman–Crippen MR) is 69.4 cm³/mol. The molecule has 0 heterocycles. The summed E-state index contributed by atoms with van der Waals surface area (Å²) in [6.45, 7) is 16.1. The van der Waals surface area contributed by atoms with Crippen molar-refractivity contribution in [2.24, 2.45) is 11.3 Å². The van der Waals surface area contributed by atoms with Crippen molar-refractivity contribution in [2.45, 2.75) is 54.0 Å². The summed E-state index contributed by atoms with van der Waals surface area (Å²) in [7, 11) is 0. The smallest absolute Gasteiger partial charge is 0.240 e. The van der Waals surface area contributed by atoms with Crippen molar-refractivity contribution in [2.75, 3.05) is 13.1 Å². The minimum absolute atomic E-state index is 0.0919. The van der Waals surface area contributed by atoms with Gasteiger partial charge >= 0.3 is 0 Å². The van der Waals surface area contributed by atoms with Gasteiger partial charge in [0.15, 0.2) is 0 Å². The van der Waals surface area contributed by atoms with E-state index in [1.807, 2.05) is 13.8 Å². The lowest BCUT2D eigenvalue weighted by Gasteiger charge is -2.36. The Morgan fingerprint density at radius 2 is 1.69 bits per heavy atom. The Hall–Kier alpha value is -0.570. The standard InChI is InChI=1S/C13H28N2O/c1-8-14-11(16)13(7,10(2)3)15-9-12(4,5)6/h10,15H,8-9H2,1-7H3,(H,14,16). The van der Waals surface area contributed by atoms with Crippen LogP contribution in [-0.2, 0) is 4.79 Å². The van der Waals surface area contributed by atoms with Crippen LogP contribution in [0.3, 0.4) is 0 Å². The molecule has 2 N–H and O–H groups in total. The van der Waals surface area contributed by atoms with Gasteiger partial charge in [-0.3, -0.25) is 4.79 Å². The molecule has 0 spiro atoms. The van der Waals surface area contributed by atoms with E-state index >= 15 is 0 Å². The Morgan fingerprint density at radius 3 is 2.00 bits per heavy atom. The molecule has 96 valence electrons. The average Bonchev–Trinajstić information content (AvgIpc) is 2.13. The van der Waals surface area contributed by atoms with Crippen LogP contribution in [0.2, 0.25) is 0 Å². The number of carbonyl (C=O) groups excluding carboxylic acids is 1. The fraction of sp³-hybridized carbons (Fsp3) is 0.923. The number of carbonyl (C=O) groups is 1. The first kappa shape index (κ1) is 15.4. The van der Waals surface area contributed by atoms with Crippen molar-refractivity contribution in [1.29, 1.82) is 0 Å². The van der Waals surface area contributed by atoms with Crippen LogP contribution >= 0.6 is 0 Å². The Morgan fingerprint density at radius 1 is 1.19 bits per heavy atom. The van der Waals surface area contributed by atoms with Crippen LogP contribution in [0, 0.1) is 11.3 Å². The fourth-order valence-corrected chi connectivity index (χ4v) is 1.34. The molecule has 1 amide bonds. The summed E-state index contributed by atoms with van der Waals surface area (Å²) in [5, 5.41) is 6.31. The molecule has 3 heteroatoms. The first-order valence-electron chi connectivity index (χ1n) is 6.17. The van der Waals surface area contributed by atoms with E-state index in [-0.39, 0.29) is 17.2 Å². The van der Waals surface area contributed by atoms with Crippen LogP contribution < -0.4 is 10.6 Å². The van der Waals surface area contributed by atoms with Crippen LogP contribution in [0.25, 0.3) is 0 Å². The number of rotatable bonds is 5. The Kier molecular flexibility index (Phi) is 5.47. The van der Waals surface area contributed by atoms with Gasteiger partial charge in [0.05, 0.1) is 5.54 Å². The third-order valence-electron chi connectivity index (χ3n) is 2.95. The molecular weight excluding hydrogens is 200 g/mol. The molecule has 0 aliphatic heterocycles. The van der Waals surface area contributed by atoms with Gasteiger partial charge in [-0.15, -0.1) is 0 Å². The quantitative estimate of drug-likeness (QED) is 0.757. The second-order valence-electron chi connectivity index (χ2n) is 6.13. The molecule has 0 saturated carbocycles. The molecule has 0 radical (unpaired) electrons. The van der Waals surface area contributed by atoms with Gasteiger partial charge in [-0.1, -0.05) is 34.6 Å². The molecule has 0 bridgehead atoms. The molecular formula is C13H28N2O. The maximum atomic E-state index is 12.0. The first-order valence-corrected chi connectivity index (χ1v) is 6.17. The molecule has 1 atom stereocenters. The number of hydrogen-bond acceptors (Lipinski definition) is 2. The summed E-state index contributed by atoms with van der Waals surface area (Å²) < 4.78 is 0. The second kappa shape index (κ2) is 5.67. The molecule has 3 nitrogen and oxygen atoms in total. The number of hydrogen-bond donors (Lipinski definition) is 2. The highest BCUT2D eigenvalue weighted by molar-refractivity contribution is 5.86. The van der Waals surface area contributed by atoms with E-state index in [1.165, 1.54) is 0 Å². The van der Waals surface area contributed by atoms with E-state index in [0.29, 0.717) is 6.54 Å². The van der Waals surface area contributed by atoms with Crippen LogP contribution in [-0.4, -0.2) is 24.5 Å². The number of amides is 1. The lowest BCUT2D eigenvalue weighted by Crippen LogP contribution is -2.59. The molecule has 0 rings (SSSR count). The zero-order valence-electron chi connectivity index (χ0n) is 11.9. The third kappa shape index (κ3) is 4.52. The van der Waals surface area contributed by atoms with Gasteiger partial charge in [0.1, 0.15) is 0 Å². The van der Waals surface area contributed by atoms with Crippen molar-refractivity contribution in [3.05, 3.63) is 0 Å². The lowest BCUT2D eigenvalue weighted by molar-refractivity contribution is -0.128. The predicted octanol–water partition coefficient (Wildman–Crippen LogP) is 2.17. The van der Waals surface area contributed by atoms with E-state index in [1.54, 1.807) is 0 Å². The van der Waals surface area contributed by atoms with Gasteiger partial charge in [0.25, 0.3) is 0 Å². The molecule has 0 aliphatic rings. The fourth-order valence-electron chi connectivity index (χ4n) is 1.34. The Bertz CT molecular complexity index is 231. The Labute approximate surface area is 100 Å². The van der Waals surface area contributed by atoms with Crippen molar-refractivity contribution in [3.8, 4) is 0 Å². The molecule has 0 fully saturated rings. The molecule has 0 aromatic heterocycles. The van der Waals surface area contributed by atoms with Gasteiger partial charge < -0.3 is 10.6 Å². The van der Waals surface area contributed by atoms with Gasteiger partial charge in [-0.2, -0.15) is 0 Å². The first-order chi connectivity index (χ1) is 7.13. The molecule has 0 saturated heterocycles. The van der Waals surface area contributed by atoms with Crippen LogP contribution in [0.4, 0.5) is 0 Å². The van der Waals surface area contributed by atoms with Crippen molar-refractivity contribution >= 4 is 5.91 Å². The zero-order valence-corrected chi connectivity index (χ0v) is 11.9. The lowest BCUT2D eigenvalue weighted by atomic mass is 9.85. The van der Waals surface area contributed by atoms with E-state index in [2.05, 4.69) is 45.3 Å². The minimum Gasteiger partial charge on any atom is -0.355 e. The molecule has 0 aromatic rings. The second-order valence-corrected chi connectivity index (χ2v) is 6.13. The summed E-state index contributed by atoms with van der Waals surface area (Å²) in [6, 6.07) is 0.